The highest BCUT2D eigenvalue weighted by Gasteiger charge is 2.26. The Bertz CT molecular complexity index is 697. The van der Waals surface area contributed by atoms with Crippen molar-refractivity contribution in [1.82, 2.24) is 0 Å². The van der Waals surface area contributed by atoms with E-state index in [0.717, 1.165) is 6.07 Å². The lowest BCUT2D eigenvalue weighted by Crippen LogP contribution is -2.22. The van der Waals surface area contributed by atoms with Crippen molar-refractivity contribution in [3.63, 3.8) is 0 Å². The number of cyclic esters (lactones) is 1. The Balaban J connectivity index is 2.46. The van der Waals surface area contributed by atoms with Gasteiger partial charge in [-0.15, -0.1) is 0 Å². The van der Waals surface area contributed by atoms with Crippen LogP contribution in [0.1, 0.15) is 48.5 Å². The molecule has 25 heavy (non-hydrogen) atoms. The molecule has 1 aliphatic heterocycles. The second-order valence-electron chi connectivity index (χ2n) is 6.16. The highest BCUT2D eigenvalue weighted by Crippen LogP contribution is 2.37. The number of hydrogen-bond acceptors (Lipinski definition) is 6. The maximum absolute atomic E-state index is 12.4. The number of halogens is 1. The van der Waals surface area contributed by atoms with Gasteiger partial charge in [0.05, 0.1) is 11.1 Å². The number of aliphatic hydroxyl groups is 1. The van der Waals surface area contributed by atoms with Gasteiger partial charge in [0.1, 0.15) is 23.2 Å². The van der Waals surface area contributed by atoms with Crippen molar-refractivity contribution in [3.05, 3.63) is 34.4 Å². The van der Waals surface area contributed by atoms with E-state index in [1.165, 1.54) is 6.08 Å². The van der Waals surface area contributed by atoms with E-state index < -0.39 is 29.7 Å². The van der Waals surface area contributed by atoms with Crippen LogP contribution in [0.4, 0.5) is 0 Å². The summed E-state index contributed by atoms with van der Waals surface area (Å²) in [6, 6.07) is 0.936. The molecular weight excluding hydrogens is 348 g/mol. The molecule has 1 aromatic carbocycles. The minimum atomic E-state index is -0.858. The van der Waals surface area contributed by atoms with Gasteiger partial charge in [0.2, 0.25) is 0 Å². The van der Waals surface area contributed by atoms with Crippen LogP contribution in [-0.2, 0) is 16.0 Å². The first kappa shape index (κ1) is 19.3. The number of phenols is 2. The zero-order chi connectivity index (χ0) is 18.6. The molecule has 1 heterocycles. The number of hydrogen-bond donors (Lipinski definition) is 3. The smallest absolute Gasteiger partial charge is 0.342 e. The fourth-order valence-electron chi connectivity index (χ4n) is 2.79. The molecule has 0 bridgehead atoms. The number of carbonyl (C=O) groups excluding carboxylic acids is 2. The van der Waals surface area contributed by atoms with Crippen LogP contribution in [-0.4, -0.2) is 39.3 Å². The molecule has 0 fully saturated rings. The molecular formula is C18H21ClO6. The van der Waals surface area contributed by atoms with Crippen molar-refractivity contribution >= 4 is 23.4 Å². The van der Waals surface area contributed by atoms with Crippen LogP contribution < -0.4 is 0 Å². The van der Waals surface area contributed by atoms with Gasteiger partial charge in [-0.05, 0) is 32.3 Å². The number of aromatic hydroxyl groups is 2. The Morgan fingerprint density at radius 3 is 2.68 bits per heavy atom. The van der Waals surface area contributed by atoms with Crippen molar-refractivity contribution < 1.29 is 29.6 Å². The number of carbonyl (C=O) groups is 2. The summed E-state index contributed by atoms with van der Waals surface area (Å²) in [5, 5.41) is 29.6. The number of aliphatic hydroxyl groups excluding tert-OH is 1. The van der Waals surface area contributed by atoms with Gasteiger partial charge in [-0.3, -0.25) is 4.79 Å². The average Bonchev–Trinajstić information content (AvgIpc) is 2.50. The third-order valence-electron chi connectivity index (χ3n) is 4.00. The Morgan fingerprint density at radius 1 is 1.24 bits per heavy atom. The van der Waals surface area contributed by atoms with Crippen molar-refractivity contribution in [3.8, 4) is 11.5 Å². The number of benzene rings is 1. The molecule has 1 aliphatic rings. The molecule has 0 amide bonds. The van der Waals surface area contributed by atoms with Crippen LogP contribution in [0.25, 0.3) is 0 Å². The van der Waals surface area contributed by atoms with E-state index in [1.807, 2.05) is 0 Å². The number of allylic oxidation sites excluding steroid dienone is 2. The van der Waals surface area contributed by atoms with Crippen LogP contribution in [0.5, 0.6) is 11.5 Å². The number of ketones is 1. The molecule has 7 heteroatoms. The second kappa shape index (κ2) is 8.36. The van der Waals surface area contributed by atoms with E-state index in [9.17, 15) is 24.9 Å². The predicted octanol–water partition coefficient (Wildman–Crippen LogP) is 2.90. The predicted molar refractivity (Wildman–Crippen MR) is 92.0 cm³/mol. The van der Waals surface area contributed by atoms with E-state index in [0.29, 0.717) is 19.3 Å². The highest BCUT2D eigenvalue weighted by atomic mass is 35.5. The molecule has 0 radical (unpaired) electrons. The molecule has 2 rings (SSSR count). The summed E-state index contributed by atoms with van der Waals surface area (Å²) in [6.45, 7) is 1.64. The first-order valence-corrected chi connectivity index (χ1v) is 8.49. The monoisotopic (exact) mass is 368 g/mol. The average molecular weight is 369 g/mol. The number of phenolic OH excluding ortho intramolecular Hbond substituents is 2. The van der Waals surface area contributed by atoms with Gasteiger partial charge in [0.15, 0.2) is 5.78 Å². The summed E-state index contributed by atoms with van der Waals surface area (Å²) in [4.78, 5) is 24.6. The van der Waals surface area contributed by atoms with Crippen LogP contribution in [0.2, 0.25) is 5.02 Å². The van der Waals surface area contributed by atoms with E-state index in [4.69, 9.17) is 16.3 Å². The lowest BCUT2D eigenvalue weighted by Gasteiger charge is -2.19. The number of rotatable bonds is 0. The van der Waals surface area contributed by atoms with E-state index in [1.54, 1.807) is 13.0 Å². The van der Waals surface area contributed by atoms with Crippen molar-refractivity contribution in [2.24, 2.45) is 0 Å². The summed E-state index contributed by atoms with van der Waals surface area (Å²) in [5.41, 5.74) is -0.230. The molecule has 136 valence electrons. The Hall–Kier alpha value is -2.05. The van der Waals surface area contributed by atoms with Gasteiger partial charge in [0, 0.05) is 24.5 Å². The van der Waals surface area contributed by atoms with Gasteiger partial charge in [-0.1, -0.05) is 17.7 Å². The third-order valence-corrected chi connectivity index (χ3v) is 4.42. The SMILES string of the molecule is C[C@@H]1CC(O)CCC/C=C/C(=O)Cc2c(Cl)c(O)cc(O)c2C(=O)O1. The van der Waals surface area contributed by atoms with E-state index in [2.05, 4.69) is 0 Å². The molecule has 0 aliphatic carbocycles. The standard InChI is InChI=1S/C18H21ClO6/c1-10-7-11(20)5-3-2-4-6-12(21)8-13-16(18(24)25-10)14(22)9-15(23)17(13)19/h4,6,9-11,20,22-23H,2-3,5,7-8H2,1H3/b6-4+/t10-,11?/m1/s1. The molecule has 1 unspecified atom stereocenters. The third kappa shape index (κ3) is 4.96. The molecule has 2 atom stereocenters. The summed E-state index contributed by atoms with van der Waals surface area (Å²) < 4.78 is 5.27. The van der Waals surface area contributed by atoms with Gasteiger partial charge in [0.25, 0.3) is 0 Å². The summed E-state index contributed by atoms with van der Waals surface area (Å²) in [6.07, 6.45) is 3.71. The minimum absolute atomic E-state index is 0.0172. The van der Waals surface area contributed by atoms with Gasteiger partial charge >= 0.3 is 5.97 Å². The van der Waals surface area contributed by atoms with Crippen LogP contribution in [0, 0.1) is 0 Å². The Labute approximate surface area is 150 Å². The summed E-state index contributed by atoms with van der Waals surface area (Å²) in [7, 11) is 0. The van der Waals surface area contributed by atoms with Gasteiger partial charge in [-0.2, -0.15) is 0 Å². The summed E-state index contributed by atoms with van der Waals surface area (Å²) >= 11 is 6.04. The quantitative estimate of drug-likeness (QED) is 0.608. The van der Waals surface area contributed by atoms with Crippen molar-refractivity contribution in [2.75, 3.05) is 0 Å². The maximum atomic E-state index is 12.4. The zero-order valence-corrected chi connectivity index (χ0v) is 14.6. The molecule has 1 aromatic rings. The molecule has 3 N–H and O–H groups in total. The van der Waals surface area contributed by atoms with Crippen LogP contribution >= 0.6 is 11.6 Å². The second-order valence-corrected chi connectivity index (χ2v) is 6.54. The first-order valence-electron chi connectivity index (χ1n) is 8.11. The fourth-order valence-corrected chi connectivity index (χ4v) is 3.00. The van der Waals surface area contributed by atoms with Gasteiger partial charge < -0.3 is 20.1 Å². The normalized spacial score (nSPS) is 24.1. The number of esters is 1. The molecule has 0 spiro atoms. The van der Waals surface area contributed by atoms with Crippen LogP contribution in [0.3, 0.4) is 0 Å². The zero-order valence-electron chi connectivity index (χ0n) is 13.9. The van der Waals surface area contributed by atoms with Crippen molar-refractivity contribution in [2.45, 2.75) is 51.2 Å². The van der Waals surface area contributed by atoms with Crippen molar-refractivity contribution in [1.29, 1.82) is 0 Å². The topological polar surface area (TPSA) is 104 Å². The van der Waals surface area contributed by atoms with E-state index >= 15 is 0 Å². The summed E-state index contributed by atoms with van der Waals surface area (Å²) in [5.74, 6) is -2.12. The lowest BCUT2D eigenvalue weighted by atomic mass is 9.99. The molecule has 0 saturated carbocycles. The van der Waals surface area contributed by atoms with Gasteiger partial charge in [-0.25, -0.2) is 4.79 Å². The number of ether oxygens (including phenoxy) is 1. The molecule has 0 aromatic heterocycles. The van der Waals surface area contributed by atoms with E-state index in [-0.39, 0.29) is 34.8 Å². The Morgan fingerprint density at radius 2 is 1.96 bits per heavy atom. The highest BCUT2D eigenvalue weighted by molar-refractivity contribution is 6.33. The first-order chi connectivity index (χ1) is 11.8. The largest absolute Gasteiger partial charge is 0.507 e. The minimum Gasteiger partial charge on any atom is -0.507 e. The van der Waals surface area contributed by atoms with Crippen LogP contribution in [0.15, 0.2) is 18.2 Å². The fraction of sp³-hybridized carbons (Fsp3) is 0.444. The number of fused-ring (bicyclic) bond motifs is 1. The maximum Gasteiger partial charge on any atom is 0.342 e. The Kier molecular flexibility index (Phi) is 6.45. The lowest BCUT2D eigenvalue weighted by molar-refractivity contribution is -0.114. The molecule has 0 saturated heterocycles. The molecule has 6 nitrogen and oxygen atoms in total.